The van der Waals surface area contributed by atoms with Gasteiger partial charge in [-0.15, -0.1) is 4.15 Å². The van der Waals surface area contributed by atoms with Gasteiger partial charge in [-0.25, -0.2) is 9.34 Å². The maximum Gasteiger partial charge on any atom is 0.285 e. The van der Waals surface area contributed by atoms with Crippen molar-refractivity contribution in [2.75, 3.05) is 27.2 Å². The zero-order valence-electron chi connectivity index (χ0n) is 17.3. The van der Waals surface area contributed by atoms with Crippen LogP contribution >= 0.6 is 7.58 Å². The van der Waals surface area contributed by atoms with Crippen molar-refractivity contribution in [3.63, 3.8) is 0 Å². The van der Waals surface area contributed by atoms with E-state index >= 15 is 0 Å². The average molecular weight is 434 g/mol. The number of hydrogen-bond acceptors (Lipinski definition) is 3. The first-order valence-corrected chi connectivity index (χ1v) is 12.5. The first-order valence-electron chi connectivity index (χ1n) is 9.53. The highest BCUT2D eigenvalue weighted by Gasteiger charge is 2.41. The second kappa shape index (κ2) is 8.94. The standard InChI is InChI=1S/C21H28N3O3PS/c1-5-9-21(19-10-7-6-8-11-19)27-28(23(3)16-17-24(28)4)22-29(25,26)20-14-12-18(2)13-15-20/h5-15,21H,16-17H2,1-4H3/b9-5+. The Kier molecular flexibility index (Phi) is 6.76. The van der Waals surface area contributed by atoms with Crippen molar-refractivity contribution >= 4 is 17.6 Å². The third-order valence-corrected chi connectivity index (χ3v) is 10.2. The molecule has 156 valence electrons. The van der Waals surface area contributed by atoms with E-state index in [1.165, 1.54) is 0 Å². The molecule has 1 heterocycles. The summed E-state index contributed by atoms with van der Waals surface area (Å²) in [5, 5.41) is 0. The molecule has 0 saturated carbocycles. The zero-order chi connectivity index (χ0) is 21.1. The molecule has 0 aromatic heterocycles. The van der Waals surface area contributed by atoms with E-state index in [9.17, 15) is 8.42 Å². The molecule has 1 aliphatic rings. The van der Waals surface area contributed by atoms with E-state index in [0.29, 0.717) is 13.1 Å². The minimum Gasteiger partial charge on any atom is -0.308 e. The molecule has 1 aliphatic heterocycles. The van der Waals surface area contributed by atoms with Crippen LogP contribution in [0.15, 0.2) is 75.8 Å². The maximum absolute atomic E-state index is 13.2. The van der Waals surface area contributed by atoms with Crippen molar-refractivity contribution < 1.29 is 12.9 Å². The molecule has 1 saturated heterocycles. The van der Waals surface area contributed by atoms with Gasteiger partial charge in [0.05, 0.1) is 4.90 Å². The van der Waals surface area contributed by atoms with Crippen molar-refractivity contribution in [3.8, 4) is 0 Å². The van der Waals surface area contributed by atoms with Gasteiger partial charge in [-0.1, -0.05) is 60.2 Å². The molecule has 2 aromatic carbocycles. The molecule has 1 fully saturated rings. The van der Waals surface area contributed by atoms with Crippen molar-refractivity contribution in [1.29, 1.82) is 0 Å². The third kappa shape index (κ3) is 4.71. The summed E-state index contributed by atoms with van der Waals surface area (Å²) in [6.45, 7) is 5.22. The van der Waals surface area contributed by atoms with Crippen LogP contribution in [-0.2, 0) is 14.5 Å². The SMILES string of the molecule is C/C=C/C(OP1(=NS(=O)(=O)c2ccc(C)cc2)N(C)CCN1C)c1ccccc1. The summed E-state index contributed by atoms with van der Waals surface area (Å²) in [7, 11) is -3.06. The molecule has 0 radical (unpaired) electrons. The van der Waals surface area contributed by atoms with E-state index in [2.05, 4.69) is 4.15 Å². The second-order valence-corrected chi connectivity index (χ2v) is 11.8. The van der Waals surface area contributed by atoms with Crippen LogP contribution in [0.2, 0.25) is 0 Å². The summed E-state index contributed by atoms with van der Waals surface area (Å²) < 4.78 is 41.2. The highest BCUT2D eigenvalue weighted by molar-refractivity contribution is 7.93. The number of aryl methyl sites for hydroxylation is 1. The quantitative estimate of drug-likeness (QED) is 0.482. The first-order chi connectivity index (χ1) is 13.8. The average Bonchev–Trinajstić information content (AvgIpc) is 2.96. The molecule has 3 rings (SSSR count). The van der Waals surface area contributed by atoms with Gasteiger partial charge in [0.25, 0.3) is 10.0 Å². The lowest BCUT2D eigenvalue weighted by atomic mass is 10.1. The second-order valence-electron chi connectivity index (χ2n) is 7.11. The van der Waals surface area contributed by atoms with Crippen molar-refractivity contribution in [1.82, 2.24) is 9.34 Å². The van der Waals surface area contributed by atoms with Crippen LogP contribution in [0, 0.1) is 6.92 Å². The van der Waals surface area contributed by atoms with E-state index in [-0.39, 0.29) is 4.90 Å². The fourth-order valence-electron chi connectivity index (χ4n) is 3.19. The molecule has 2 aromatic rings. The minimum absolute atomic E-state index is 0.182. The predicted octanol–water partition coefficient (Wildman–Crippen LogP) is 4.84. The monoisotopic (exact) mass is 433 g/mol. The molecule has 0 aliphatic carbocycles. The Bertz CT molecular complexity index is 1010. The first kappa shape index (κ1) is 21.9. The van der Waals surface area contributed by atoms with Gasteiger partial charge in [-0.2, -0.15) is 8.42 Å². The smallest absolute Gasteiger partial charge is 0.285 e. The molecule has 0 spiro atoms. The summed E-state index contributed by atoms with van der Waals surface area (Å²) in [6, 6.07) is 16.6. The summed E-state index contributed by atoms with van der Waals surface area (Å²) in [5.41, 5.74) is 1.96. The normalized spacial score (nSPS) is 18.9. The molecular formula is C21H28N3O3PS. The van der Waals surface area contributed by atoms with Crippen LogP contribution in [0.3, 0.4) is 0 Å². The number of sulfonamides is 1. The van der Waals surface area contributed by atoms with E-state index < -0.39 is 23.7 Å². The predicted molar refractivity (Wildman–Crippen MR) is 118 cm³/mol. The summed E-state index contributed by atoms with van der Waals surface area (Å²) in [4.78, 5) is 0.182. The number of allylic oxidation sites excluding steroid dienone is 1. The molecule has 0 N–H and O–H groups in total. The Morgan fingerprint density at radius 2 is 1.62 bits per heavy atom. The Balaban J connectivity index is 2.11. The Morgan fingerprint density at radius 1 is 1.03 bits per heavy atom. The number of rotatable bonds is 6. The lowest BCUT2D eigenvalue weighted by Crippen LogP contribution is -2.19. The van der Waals surface area contributed by atoms with Crippen LogP contribution in [0.1, 0.15) is 24.2 Å². The van der Waals surface area contributed by atoms with Crippen molar-refractivity contribution in [3.05, 3.63) is 77.9 Å². The largest absolute Gasteiger partial charge is 0.308 e. The van der Waals surface area contributed by atoms with E-state index in [4.69, 9.17) is 4.52 Å². The number of nitrogens with zero attached hydrogens (tertiary/aromatic N) is 3. The van der Waals surface area contributed by atoms with Gasteiger partial charge in [-0.05, 0) is 45.6 Å². The fourth-order valence-corrected chi connectivity index (χ4v) is 8.36. The molecule has 29 heavy (non-hydrogen) atoms. The highest BCUT2D eigenvalue weighted by Crippen LogP contribution is 2.62. The summed E-state index contributed by atoms with van der Waals surface area (Å²) >= 11 is 0. The number of likely N-dealkylation sites (N-methyl/N-ethyl adjacent to an activating group) is 2. The van der Waals surface area contributed by atoms with E-state index in [1.54, 1.807) is 24.3 Å². The molecule has 0 bridgehead atoms. The number of benzene rings is 2. The van der Waals surface area contributed by atoms with Crippen LogP contribution < -0.4 is 0 Å². The Labute approximate surface area is 174 Å². The zero-order valence-corrected chi connectivity index (χ0v) is 19.0. The van der Waals surface area contributed by atoms with Crippen LogP contribution in [0.5, 0.6) is 0 Å². The van der Waals surface area contributed by atoms with Crippen LogP contribution in [-0.4, -0.2) is 44.9 Å². The highest BCUT2D eigenvalue weighted by atomic mass is 32.2. The van der Waals surface area contributed by atoms with Gasteiger partial charge in [0, 0.05) is 13.1 Å². The Hall–Kier alpha value is -1.76. The molecule has 1 unspecified atom stereocenters. The van der Waals surface area contributed by atoms with E-state index in [1.807, 2.05) is 79.8 Å². The fraction of sp³-hybridized carbons (Fsp3) is 0.333. The summed E-state index contributed by atoms with van der Waals surface area (Å²) in [6.07, 6.45) is 3.46. The molecule has 1 atom stereocenters. The molecule has 8 heteroatoms. The lowest BCUT2D eigenvalue weighted by molar-refractivity contribution is 0.246. The van der Waals surface area contributed by atoms with Gasteiger partial charge in [0.15, 0.2) is 0 Å². The van der Waals surface area contributed by atoms with Crippen molar-refractivity contribution in [2.24, 2.45) is 4.15 Å². The van der Waals surface area contributed by atoms with Crippen LogP contribution in [0.25, 0.3) is 0 Å². The molecule has 6 nitrogen and oxygen atoms in total. The lowest BCUT2D eigenvalue weighted by Gasteiger charge is -2.33. The summed E-state index contributed by atoms with van der Waals surface area (Å²) in [5.74, 6) is 0. The van der Waals surface area contributed by atoms with Crippen LogP contribution in [0.4, 0.5) is 0 Å². The van der Waals surface area contributed by atoms with Gasteiger partial charge in [0.2, 0.25) is 7.58 Å². The van der Waals surface area contributed by atoms with E-state index in [0.717, 1.165) is 11.1 Å². The molecular weight excluding hydrogens is 405 g/mol. The maximum atomic E-state index is 13.2. The van der Waals surface area contributed by atoms with Gasteiger partial charge < -0.3 is 4.52 Å². The van der Waals surface area contributed by atoms with Gasteiger partial charge in [0.1, 0.15) is 6.10 Å². The minimum atomic E-state index is -3.89. The van der Waals surface area contributed by atoms with Gasteiger partial charge in [-0.3, -0.25) is 0 Å². The van der Waals surface area contributed by atoms with Crippen molar-refractivity contribution in [2.45, 2.75) is 24.8 Å². The topological polar surface area (TPSA) is 62.2 Å². The number of hydrogen-bond donors (Lipinski definition) is 0. The Morgan fingerprint density at radius 3 is 2.17 bits per heavy atom. The third-order valence-electron chi connectivity index (χ3n) is 4.92. The molecule has 0 amide bonds. The van der Waals surface area contributed by atoms with Gasteiger partial charge >= 0.3 is 0 Å².